The van der Waals surface area contributed by atoms with E-state index >= 15 is 0 Å². The monoisotopic (exact) mass is 292 g/mol. The van der Waals surface area contributed by atoms with Crippen LogP contribution in [0, 0.1) is 17.1 Å². The van der Waals surface area contributed by atoms with Crippen molar-refractivity contribution in [2.24, 2.45) is 0 Å². The molecule has 21 heavy (non-hydrogen) atoms. The molecule has 0 saturated heterocycles. The Morgan fingerprint density at radius 1 is 1.48 bits per heavy atom. The summed E-state index contributed by atoms with van der Waals surface area (Å²) in [7, 11) is 1.56. The average Bonchev–Trinajstić information content (AvgIpc) is 2.44. The number of benzene rings is 1. The third-order valence-electron chi connectivity index (χ3n) is 2.75. The topological polar surface area (TPSA) is 73.6 Å². The first-order chi connectivity index (χ1) is 10.1. The first kappa shape index (κ1) is 16.7. The molecular formula is C15H17FN2O3. The second-order valence-electron chi connectivity index (χ2n) is 4.30. The van der Waals surface area contributed by atoms with Gasteiger partial charge in [-0.1, -0.05) is 0 Å². The number of hydrogen-bond acceptors (Lipinski definition) is 4. The van der Waals surface area contributed by atoms with Gasteiger partial charge in [-0.3, -0.25) is 0 Å². The lowest BCUT2D eigenvalue weighted by Crippen LogP contribution is -2.28. The van der Waals surface area contributed by atoms with Crippen molar-refractivity contribution in [2.75, 3.05) is 31.7 Å². The molecule has 6 heteroatoms. The van der Waals surface area contributed by atoms with Crippen molar-refractivity contribution in [3.63, 3.8) is 0 Å². The molecule has 1 rings (SSSR count). The number of carboxylic acids is 1. The summed E-state index contributed by atoms with van der Waals surface area (Å²) in [6.07, 6.45) is 2.58. The van der Waals surface area contributed by atoms with E-state index in [0.29, 0.717) is 37.4 Å². The number of nitrogens with zero attached hydrogens (tertiary/aromatic N) is 2. The third kappa shape index (κ3) is 6.06. The number of carbonyl (C=O) groups is 1. The summed E-state index contributed by atoms with van der Waals surface area (Å²) in [4.78, 5) is 12.3. The van der Waals surface area contributed by atoms with Crippen molar-refractivity contribution in [3.8, 4) is 6.07 Å². The number of carboxylic acid groups (broad SMARTS) is 1. The Balaban J connectivity index is 3.00. The highest BCUT2D eigenvalue weighted by Crippen LogP contribution is 2.20. The first-order valence-electron chi connectivity index (χ1n) is 6.39. The fourth-order valence-electron chi connectivity index (χ4n) is 1.80. The molecule has 112 valence electrons. The average molecular weight is 292 g/mol. The molecule has 0 amide bonds. The standard InChI is InChI=1S/C15H17FN2O3/c1-21-8-7-18(6-2-5-17)14-10-12(3-4-15(19)20)9-13(16)11-14/h3-4,9-11H,2,6-8H2,1H3,(H,19,20)/b4-3+. The minimum atomic E-state index is -1.10. The molecule has 5 nitrogen and oxygen atoms in total. The van der Waals surface area contributed by atoms with Crippen molar-refractivity contribution >= 4 is 17.7 Å². The molecule has 0 atom stereocenters. The number of methoxy groups -OCH3 is 1. The van der Waals surface area contributed by atoms with Crippen molar-refractivity contribution in [3.05, 3.63) is 35.7 Å². The highest BCUT2D eigenvalue weighted by atomic mass is 19.1. The molecule has 0 unspecified atom stereocenters. The predicted molar refractivity (Wildman–Crippen MR) is 77.4 cm³/mol. The van der Waals surface area contributed by atoms with Gasteiger partial charge in [0, 0.05) is 32.0 Å². The molecule has 1 N–H and O–H groups in total. The van der Waals surface area contributed by atoms with E-state index in [2.05, 4.69) is 0 Å². The van der Waals surface area contributed by atoms with Crippen molar-refractivity contribution < 1.29 is 19.0 Å². The molecule has 1 aromatic rings. The van der Waals surface area contributed by atoms with Crippen LogP contribution in [0.5, 0.6) is 0 Å². The lowest BCUT2D eigenvalue weighted by molar-refractivity contribution is -0.131. The Hall–Kier alpha value is -2.39. The predicted octanol–water partition coefficient (Wildman–Crippen LogP) is 2.29. The highest BCUT2D eigenvalue weighted by molar-refractivity contribution is 5.85. The van der Waals surface area contributed by atoms with Crippen LogP contribution in [0.15, 0.2) is 24.3 Å². The van der Waals surface area contributed by atoms with Gasteiger partial charge in [-0.2, -0.15) is 5.26 Å². The summed E-state index contributed by atoms with van der Waals surface area (Å²) in [6, 6.07) is 6.33. The molecule has 0 aliphatic rings. The molecule has 0 heterocycles. The Labute approximate surface area is 122 Å². The summed E-state index contributed by atoms with van der Waals surface area (Å²) in [5.41, 5.74) is 1.04. The SMILES string of the molecule is COCCN(CCC#N)c1cc(F)cc(/C=C/C(=O)O)c1. The zero-order valence-electron chi connectivity index (χ0n) is 11.8. The first-order valence-corrected chi connectivity index (χ1v) is 6.39. The Kier molecular flexibility index (Phi) is 6.92. The molecule has 0 aliphatic heterocycles. The van der Waals surface area contributed by atoms with Gasteiger partial charge in [0.15, 0.2) is 0 Å². The van der Waals surface area contributed by atoms with Crippen LogP contribution in [0.25, 0.3) is 6.08 Å². The Morgan fingerprint density at radius 3 is 2.86 bits per heavy atom. The zero-order valence-corrected chi connectivity index (χ0v) is 11.8. The number of nitriles is 1. The highest BCUT2D eigenvalue weighted by Gasteiger charge is 2.08. The Morgan fingerprint density at radius 2 is 2.24 bits per heavy atom. The third-order valence-corrected chi connectivity index (χ3v) is 2.75. The van der Waals surface area contributed by atoms with Crippen LogP contribution in [-0.2, 0) is 9.53 Å². The summed E-state index contributed by atoms with van der Waals surface area (Å²) in [5, 5.41) is 17.3. The van der Waals surface area contributed by atoms with Gasteiger partial charge in [0.2, 0.25) is 0 Å². The fraction of sp³-hybridized carbons (Fsp3) is 0.333. The van der Waals surface area contributed by atoms with Crippen molar-refractivity contribution in [1.29, 1.82) is 5.26 Å². The van der Waals surface area contributed by atoms with Gasteiger partial charge in [0.25, 0.3) is 0 Å². The van der Waals surface area contributed by atoms with E-state index in [-0.39, 0.29) is 0 Å². The van der Waals surface area contributed by atoms with Gasteiger partial charge in [-0.25, -0.2) is 9.18 Å². The molecule has 0 saturated carbocycles. The van der Waals surface area contributed by atoms with Crippen LogP contribution in [0.3, 0.4) is 0 Å². The van der Waals surface area contributed by atoms with E-state index in [1.54, 1.807) is 13.2 Å². The molecule has 0 aliphatic carbocycles. The maximum absolute atomic E-state index is 13.7. The summed E-state index contributed by atoms with van der Waals surface area (Å²) in [5.74, 6) is -1.56. The minimum absolute atomic E-state index is 0.306. The van der Waals surface area contributed by atoms with Crippen LogP contribution in [0.2, 0.25) is 0 Å². The largest absolute Gasteiger partial charge is 0.478 e. The van der Waals surface area contributed by atoms with E-state index in [0.717, 1.165) is 6.08 Å². The van der Waals surface area contributed by atoms with Crippen LogP contribution in [0.4, 0.5) is 10.1 Å². The zero-order chi connectivity index (χ0) is 15.7. The molecule has 0 radical (unpaired) electrons. The molecular weight excluding hydrogens is 275 g/mol. The quantitative estimate of drug-likeness (QED) is 0.744. The fourth-order valence-corrected chi connectivity index (χ4v) is 1.80. The summed E-state index contributed by atoms with van der Waals surface area (Å²) < 4.78 is 18.7. The van der Waals surface area contributed by atoms with Crippen LogP contribution < -0.4 is 4.90 Å². The molecule has 0 spiro atoms. The van der Waals surface area contributed by atoms with E-state index < -0.39 is 11.8 Å². The second-order valence-corrected chi connectivity index (χ2v) is 4.30. The molecule has 0 fully saturated rings. The van der Waals surface area contributed by atoms with E-state index in [9.17, 15) is 9.18 Å². The summed E-state index contributed by atoms with van der Waals surface area (Å²) >= 11 is 0. The van der Waals surface area contributed by atoms with Crippen LogP contribution in [0.1, 0.15) is 12.0 Å². The number of anilines is 1. The maximum Gasteiger partial charge on any atom is 0.328 e. The van der Waals surface area contributed by atoms with Crippen molar-refractivity contribution in [2.45, 2.75) is 6.42 Å². The van der Waals surface area contributed by atoms with Gasteiger partial charge in [0.1, 0.15) is 5.82 Å². The molecule has 1 aromatic carbocycles. The van der Waals surface area contributed by atoms with Crippen LogP contribution in [-0.4, -0.2) is 37.9 Å². The van der Waals surface area contributed by atoms with Gasteiger partial charge in [-0.05, 0) is 29.8 Å². The number of halogens is 1. The second kappa shape index (κ2) is 8.72. The molecule has 0 aromatic heterocycles. The van der Waals surface area contributed by atoms with Gasteiger partial charge >= 0.3 is 5.97 Å². The maximum atomic E-state index is 13.7. The van der Waals surface area contributed by atoms with Crippen LogP contribution >= 0.6 is 0 Å². The number of ether oxygens (including phenoxy) is 1. The number of hydrogen-bond donors (Lipinski definition) is 1. The lowest BCUT2D eigenvalue weighted by atomic mass is 10.1. The smallest absolute Gasteiger partial charge is 0.328 e. The van der Waals surface area contributed by atoms with E-state index in [4.69, 9.17) is 15.1 Å². The molecule has 0 bridgehead atoms. The lowest BCUT2D eigenvalue weighted by Gasteiger charge is -2.24. The van der Waals surface area contributed by atoms with Gasteiger partial charge in [0.05, 0.1) is 19.1 Å². The number of aliphatic carboxylic acids is 1. The van der Waals surface area contributed by atoms with Crippen molar-refractivity contribution in [1.82, 2.24) is 0 Å². The van der Waals surface area contributed by atoms with E-state index in [1.165, 1.54) is 18.2 Å². The summed E-state index contributed by atoms with van der Waals surface area (Å²) in [6.45, 7) is 1.41. The van der Waals surface area contributed by atoms with Gasteiger partial charge < -0.3 is 14.7 Å². The van der Waals surface area contributed by atoms with Gasteiger partial charge in [-0.15, -0.1) is 0 Å². The van der Waals surface area contributed by atoms with E-state index in [1.807, 2.05) is 11.0 Å². The normalized spacial score (nSPS) is 10.5. The number of rotatable bonds is 8. The minimum Gasteiger partial charge on any atom is -0.478 e. The Bertz CT molecular complexity index is 552.